The van der Waals surface area contributed by atoms with Gasteiger partial charge in [-0.05, 0) is 46.1 Å². The van der Waals surface area contributed by atoms with Crippen LogP contribution in [-0.4, -0.2) is 46.3 Å². The predicted molar refractivity (Wildman–Crippen MR) is 99.4 cm³/mol. The third-order valence-corrected chi connectivity index (χ3v) is 5.19. The van der Waals surface area contributed by atoms with E-state index in [9.17, 15) is 14.4 Å². The fourth-order valence-corrected chi connectivity index (χ4v) is 3.69. The van der Waals surface area contributed by atoms with Crippen LogP contribution in [0, 0.1) is 19.8 Å². The number of ketones is 1. The minimum Gasteiger partial charge on any atom is -0.464 e. The van der Waals surface area contributed by atoms with Gasteiger partial charge in [-0.25, -0.2) is 4.79 Å². The third kappa shape index (κ3) is 3.41. The summed E-state index contributed by atoms with van der Waals surface area (Å²) < 4.78 is 6.71. The number of hydrogen-bond donors (Lipinski definition) is 0. The number of carbonyl (C=O) groups is 3. The van der Waals surface area contributed by atoms with Gasteiger partial charge in [0.15, 0.2) is 5.78 Å². The van der Waals surface area contributed by atoms with Crippen molar-refractivity contribution >= 4 is 17.7 Å². The normalized spacial score (nSPS) is 15.1. The average molecular weight is 362 g/mol. The molecule has 6 nitrogen and oxygen atoms in total. The molecular weight excluding hydrogens is 332 g/mol. The summed E-state index contributed by atoms with van der Waals surface area (Å²) in [7, 11) is 1.34. The summed E-state index contributed by atoms with van der Waals surface area (Å²) in [6.07, 6.45) is 1.88. The molecule has 0 aromatic carbocycles. The Hall–Kier alpha value is -2.11. The maximum absolute atomic E-state index is 13.3. The van der Waals surface area contributed by atoms with Crippen molar-refractivity contribution in [2.75, 3.05) is 7.11 Å². The molecule has 1 unspecified atom stereocenters. The Morgan fingerprint density at radius 3 is 2.19 bits per heavy atom. The van der Waals surface area contributed by atoms with Crippen LogP contribution in [0.25, 0.3) is 0 Å². The number of methoxy groups -OCH3 is 1. The first-order chi connectivity index (χ1) is 12.2. The number of rotatable bonds is 7. The minimum atomic E-state index is -0.548. The van der Waals surface area contributed by atoms with E-state index in [1.807, 2.05) is 32.3 Å². The Bertz CT molecular complexity index is 729. The van der Waals surface area contributed by atoms with Gasteiger partial charge in [-0.15, -0.1) is 0 Å². The van der Waals surface area contributed by atoms with Crippen LogP contribution < -0.4 is 0 Å². The predicted octanol–water partition coefficient (Wildman–Crippen LogP) is 3.13. The minimum absolute atomic E-state index is 0.00627. The zero-order chi connectivity index (χ0) is 19.8. The summed E-state index contributed by atoms with van der Waals surface area (Å²) in [5, 5.41) is 0. The standard InChI is InChI=1S/C20H30N2O4/c1-8-21-13(5)16(12(4)17(21)20(25)26-7)18(23)14(6)22(15-9-10-15)19(24)11(2)3/h11,14-15H,8-10H2,1-7H3. The van der Waals surface area contributed by atoms with Crippen molar-refractivity contribution in [1.82, 2.24) is 9.47 Å². The van der Waals surface area contributed by atoms with Crippen LogP contribution in [0.15, 0.2) is 0 Å². The summed E-state index contributed by atoms with van der Waals surface area (Å²) in [4.78, 5) is 39.9. The summed E-state index contributed by atoms with van der Waals surface area (Å²) in [6, 6.07) is -0.397. The van der Waals surface area contributed by atoms with Crippen LogP contribution >= 0.6 is 0 Å². The molecule has 6 heteroatoms. The van der Waals surface area contributed by atoms with E-state index in [0.717, 1.165) is 18.5 Å². The second kappa shape index (κ2) is 7.64. The average Bonchev–Trinajstić information content (AvgIpc) is 3.39. The molecule has 1 saturated carbocycles. The maximum Gasteiger partial charge on any atom is 0.354 e. The van der Waals surface area contributed by atoms with Gasteiger partial charge in [-0.2, -0.15) is 0 Å². The summed E-state index contributed by atoms with van der Waals surface area (Å²) in [5.41, 5.74) is 2.31. The van der Waals surface area contributed by atoms with Gasteiger partial charge in [0.1, 0.15) is 5.69 Å². The van der Waals surface area contributed by atoms with Crippen molar-refractivity contribution in [2.24, 2.45) is 5.92 Å². The smallest absolute Gasteiger partial charge is 0.354 e. The molecule has 144 valence electrons. The first-order valence-corrected chi connectivity index (χ1v) is 9.31. The summed E-state index contributed by atoms with van der Waals surface area (Å²) >= 11 is 0. The van der Waals surface area contributed by atoms with E-state index in [-0.39, 0.29) is 23.7 Å². The van der Waals surface area contributed by atoms with Gasteiger partial charge in [-0.3, -0.25) is 9.59 Å². The molecular formula is C20H30N2O4. The molecule has 0 N–H and O–H groups in total. The molecule has 1 aromatic heterocycles. The molecule has 0 radical (unpaired) electrons. The van der Waals surface area contributed by atoms with E-state index in [1.165, 1.54) is 7.11 Å². The lowest BCUT2D eigenvalue weighted by Crippen LogP contribution is -2.46. The monoisotopic (exact) mass is 362 g/mol. The lowest BCUT2D eigenvalue weighted by molar-refractivity contribution is -0.136. The second-order valence-corrected chi connectivity index (χ2v) is 7.34. The zero-order valence-electron chi connectivity index (χ0n) is 16.9. The molecule has 1 atom stereocenters. The van der Waals surface area contributed by atoms with E-state index >= 15 is 0 Å². The number of ether oxygens (including phenoxy) is 1. The van der Waals surface area contributed by atoms with Crippen molar-refractivity contribution in [1.29, 1.82) is 0 Å². The number of nitrogens with zero attached hydrogens (tertiary/aromatic N) is 2. The largest absolute Gasteiger partial charge is 0.464 e. The number of carbonyl (C=O) groups excluding carboxylic acids is 3. The van der Waals surface area contributed by atoms with Crippen LogP contribution in [0.3, 0.4) is 0 Å². The second-order valence-electron chi connectivity index (χ2n) is 7.34. The first-order valence-electron chi connectivity index (χ1n) is 9.31. The van der Waals surface area contributed by atoms with E-state index in [2.05, 4.69) is 0 Å². The van der Waals surface area contributed by atoms with Gasteiger partial charge in [-0.1, -0.05) is 13.8 Å². The molecule has 2 rings (SSSR count). The van der Waals surface area contributed by atoms with Crippen LogP contribution in [0.2, 0.25) is 0 Å². The lowest BCUT2D eigenvalue weighted by Gasteiger charge is -2.30. The Morgan fingerprint density at radius 1 is 1.19 bits per heavy atom. The molecule has 26 heavy (non-hydrogen) atoms. The van der Waals surface area contributed by atoms with Crippen LogP contribution in [0.1, 0.15) is 72.6 Å². The molecule has 1 heterocycles. The van der Waals surface area contributed by atoms with E-state index < -0.39 is 12.0 Å². The number of hydrogen-bond acceptors (Lipinski definition) is 4. The number of amides is 1. The van der Waals surface area contributed by atoms with Crippen molar-refractivity contribution in [2.45, 2.75) is 73.0 Å². The van der Waals surface area contributed by atoms with Crippen molar-refractivity contribution in [3.63, 3.8) is 0 Å². The van der Waals surface area contributed by atoms with Crippen molar-refractivity contribution in [3.05, 3.63) is 22.5 Å². The lowest BCUT2D eigenvalue weighted by atomic mass is 9.98. The molecule has 0 bridgehead atoms. The first kappa shape index (κ1) is 20.2. The third-order valence-electron chi connectivity index (χ3n) is 5.19. The highest BCUT2D eigenvalue weighted by Gasteiger charge is 2.40. The molecule has 1 aliphatic rings. The molecule has 1 aliphatic carbocycles. The fraction of sp³-hybridized carbons (Fsp3) is 0.650. The topological polar surface area (TPSA) is 68.6 Å². The Morgan fingerprint density at radius 2 is 1.77 bits per heavy atom. The Labute approximate surface area is 155 Å². The Kier molecular flexibility index (Phi) is 5.94. The maximum atomic E-state index is 13.3. The SMILES string of the molecule is CCn1c(C)c(C(=O)C(C)N(C(=O)C(C)C)C2CC2)c(C)c1C(=O)OC. The zero-order valence-corrected chi connectivity index (χ0v) is 16.9. The van der Waals surface area contributed by atoms with Crippen LogP contribution in [-0.2, 0) is 16.1 Å². The number of aromatic nitrogens is 1. The summed E-state index contributed by atoms with van der Waals surface area (Å²) in [6.45, 7) is 11.6. The van der Waals surface area contributed by atoms with Gasteiger partial charge < -0.3 is 14.2 Å². The van der Waals surface area contributed by atoms with E-state index in [0.29, 0.717) is 23.4 Å². The molecule has 0 spiro atoms. The quantitative estimate of drug-likeness (QED) is 0.552. The Balaban J connectivity index is 2.47. The van der Waals surface area contributed by atoms with Gasteiger partial charge in [0.05, 0.1) is 13.2 Å². The van der Waals surface area contributed by atoms with Gasteiger partial charge in [0.25, 0.3) is 0 Å². The summed E-state index contributed by atoms with van der Waals surface area (Å²) in [5.74, 6) is -0.708. The van der Waals surface area contributed by atoms with E-state index in [4.69, 9.17) is 4.74 Å². The highest BCUT2D eigenvalue weighted by Crippen LogP contribution is 2.32. The van der Waals surface area contributed by atoms with Crippen molar-refractivity contribution in [3.8, 4) is 0 Å². The highest BCUT2D eigenvalue weighted by atomic mass is 16.5. The number of esters is 1. The van der Waals surface area contributed by atoms with Gasteiger partial charge >= 0.3 is 5.97 Å². The van der Waals surface area contributed by atoms with E-state index in [1.54, 1.807) is 18.7 Å². The molecule has 1 fully saturated rings. The van der Waals surface area contributed by atoms with Crippen molar-refractivity contribution < 1.29 is 19.1 Å². The van der Waals surface area contributed by atoms with Crippen LogP contribution in [0.4, 0.5) is 0 Å². The van der Waals surface area contributed by atoms with Crippen LogP contribution in [0.5, 0.6) is 0 Å². The van der Waals surface area contributed by atoms with Gasteiger partial charge in [0.2, 0.25) is 5.91 Å². The molecule has 1 amide bonds. The fourth-order valence-electron chi connectivity index (χ4n) is 3.69. The molecule has 1 aromatic rings. The highest BCUT2D eigenvalue weighted by molar-refractivity contribution is 6.06. The van der Waals surface area contributed by atoms with Gasteiger partial charge in [0, 0.05) is 29.8 Å². The molecule has 0 saturated heterocycles. The molecule has 0 aliphatic heterocycles. The number of Topliss-reactive ketones (excluding diaryl/α,β-unsaturated/α-hetero) is 1.